The van der Waals surface area contributed by atoms with E-state index in [1.165, 1.54) is 5.56 Å². The van der Waals surface area contributed by atoms with Crippen molar-refractivity contribution in [3.8, 4) is 0 Å². The van der Waals surface area contributed by atoms with E-state index < -0.39 is 5.91 Å². The summed E-state index contributed by atoms with van der Waals surface area (Å²) in [6, 6.07) is 7.33. The van der Waals surface area contributed by atoms with Gasteiger partial charge in [0, 0.05) is 55.3 Å². The topological polar surface area (TPSA) is 96.5 Å². The number of nitrogens with zero attached hydrogens (tertiary/aromatic N) is 4. The Bertz CT molecular complexity index is 1330. The summed E-state index contributed by atoms with van der Waals surface area (Å²) in [6.07, 6.45) is 7.06. The number of likely N-dealkylation sites (tertiary alicyclic amines) is 1. The van der Waals surface area contributed by atoms with E-state index in [0.29, 0.717) is 49.4 Å². The number of fused-ring (bicyclic) bond motifs is 3. The number of carbonyl (C=O) groups is 2. The quantitative estimate of drug-likeness (QED) is 0.586. The maximum atomic E-state index is 13.0. The molecule has 2 aromatic heterocycles. The van der Waals surface area contributed by atoms with E-state index in [1.807, 2.05) is 6.20 Å². The number of primary amides is 1. The molecule has 3 aliphatic heterocycles. The van der Waals surface area contributed by atoms with Gasteiger partial charge in [-0.3, -0.25) is 19.2 Å². The molecule has 5 heterocycles. The Morgan fingerprint density at radius 1 is 1.17 bits per heavy atom. The van der Waals surface area contributed by atoms with Crippen molar-refractivity contribution in [3.63, 3.8) is 0 Å². The molecule has 190 valence electrons. The molecule has 0 bridgehead atoms. The second-order valence-corrected chi connectivity index (χ2v) is 11.2. The van der Waals surface area contributed by atoms with E-state index >= 15 is 0 Å². The fourth-order valence-corrected chi connectivity index (χ4v) is 6.73. The summed E-state index contributed by atoms with van der Waals surface area (Å²) in [5, 5.41) is 7.67. The Kier molecular flexibility index (Phi) is 5.76. The zero-order chi connectivity index (χ0) is 25.0. The number of hydrogen-bond donors (Lipinski definition) is 2. The van der Waals surface area contributed by atoms with E-state index in [9.17, 15) is 9.59 Å². The molecular weight excluding hydrogens is 452 g/mol. The Morgan fingerprint density at radius 3 is 2.67 bits per heavy atom. The van der Waals surface area contributed by atoms with Gasteiger partial charge in [0.2, 0.25) is 0 Å². The Hall–Kier alpha value is -2.97. The van der Waals surface area contributed by atoms with E-state index in [2.05, 4.69) is 56.9 Å². The van der Waals surface area contributed by atoms with Crippen LogP contribution in [0.15, 0.2) is 30.6 Å². The lowest BCUT2D eigenvalue weighted by Gasteiger charge is -2.41. The van der Waals surface area contributed by atoms with Crippen molar-refractivity contribution in [2.75, 3.05) is 44.3 Å². The lowest BCUT2D eigenvalue weighted by molar-refractivity contribution is -0.128. The minimum atomic E-state index is -0.483. The third-order valence-corrected chi connectivity index (χ3v) is 8.87. The minimum Gasteiger partial charge on any atom is -0.365 e. The molecule has 8 nitrogen and oxygen atoms in total. The fourth-order valence-electron chi connectivity index (χ4n) is 6.73. The number of hydrogen-bond acceptors (Lipinski definition) is 6. The third-order valence-electron chi connectivity index (χ3n) is 8.87. The van der Waals surface area contributed by atoms with Gasteiger partial charge < -0.3 is 21.0 Å². The van der Waals surface area contributed by atoms with Crippen molar-refractivity contribution in [1.29, 1.82) is 0 Å². The molecule has 6 rings (SSSR count). The van der Waals surface area contributed by atoms with E-state index in [4.69, 9.17) is 5.73 Å². The Balaban J connectivity index is 1.49. The SMILES string of the molecule is CC(C)N1CCC(c2ccc3c4cncc(C(N)=O)c4n(N4CCC(=O)[C@@]5(CCNC5)C4)c3c2)CC1. The van der Waals surface area contributed by atoms with E-state index in [1.54, 1.807) is 6.20 Å². The smallest absolute Gasteiger partial charge is 0.252 e. The lowest BCUT2D eigenvalue weighted by Crippen LogP contribution is -2.54. The number of nitrogens with two attached hydrogens (primary N) is 1. The first kappa shape index (κ1) is 23.4. The van der Waals surface area contributed by atoms with Crippen LogP contribution in [0.2, 0.25) is 0 Å². The fraction of sp³-hybridized carbons (Fsp3) is 0.536. The van der Waals surface area contributed by atoms with Crippen LogP contribution in [0.5, 0.6) is 0 Å². The van der Waals surface area contributed by atoms with Gasteiger partial charge >= 0.3 is 0 Å². The van der Waals surface area contributed by atoms with Gasteiger partial charge in [0.15, 0.2) is 0 Å². The molecule has 3 saturated heterocycles. The molecule has 3 fully saturated rings. The molecule has 36 heavy (non-hydrogen) atoms. The highest BCUT2D eigenvalue weighted by Crippen LogP contribution is 2.38. The molecule has 3 aliphatic rings. The van der Waals surface area contributed by atoms with Crippen LogP contribution in [0.1, 0.15) is 61.4 Å². The van der Waals surface area contributed by atoms with Crippen LogP contribution in [-0.2, 0) is 4.79 Å². The first-order valence-electron chi connectivity index (χ1n) is 13.3. The van der Waals surface area contributed by atoms with Crippen molar-refractivity contribution in [2.24, 2.45) is 11.1 Å². The summed E-state index contributed by atoms with van der Waals surface area (Å²) in [6.45, 7) is 9.60. The van der Waals surface area contributed by atoms with Gasteiger partial charge in [-0.25, -0.2) is 0 Å². The van der Waals surface area contributed by atoms with Gasteiger partial charge in [-0.1, -0.05) is 12.1 Å². The van der Waals surface area contributed by atoms with Gasteiger partial charge in [0.1, 0.15) is 5.78 Å². The minimum absolute atomic E-state index is 0.346. The average Bonchev–Trinajstić information content (AvgIpc) is 3.48. The first-order chi connectivity index (χ1) is 17.4. The van der Waals surface area contributed by atoms with Crippen LogP contribution >= 0.6 is 0 Å². The maximum absolute atomic E-state index is 13.0. The van der Waals surface area contributed by atoms with Crippen LogP contribution in [0.4, 0.5) is 0 Å². The number of piperidine rings is 2. The van der Waals surface area contributed by atoms with Crippen molar-refractivity contribution in [3.05, 3.63) is 41.7 Å². The molecule has 0 unspecified atom stereocenters. The highest BCUT2D eigenvalue weighted by Gasteiger charge is 2.45. The van der Waals surface area contributed by atoms with Crippen LogP contribution in [0.25, 0.3) is 21.8 Å². The van der Waals surface area contributed by atoms with Crippen LogP contribution in [0, 0.1) is 5.41 Å². The number of carbonyl (C=O) groups excluding carboxylic acids is 2. The van der Waals surface area contributed by atoms with Crippen molar-refractivity contribution in [1.82, 2.24) is 19.9 Å². The largest absolute Gasteiger partial charge is 0.365 e. The van der Waals surface area contributed by atoms with Gasteiger partial charge in [-0.2, -0.15) is 0 Å². The molecule has 0 saturated carbocycles. The molecule has 3 N–H and O–H groups in total. The second kappa shape index (κ2) is 8.85. The zero-order valence-electron chi connectivity index (χ0n) is 21.3. The molecule has 0 radical (unpaired) electrons. The Labute approximate surface area is 211 Å². The van der Waals surface area contributed by atoms with E-state index in [0.717, 1.165) is 60.7 Å². The van der Waals surface area contributed by atoms with Crippen LogP contribution < -0.4 is 16.1 Å². The summed E-state index contributed by atoms with van der Waals surface area (Å²) >= 11 is 0. The van der Waals surface area contributed by atoms with Gasteiger partial charge in [-0.15, -0.1) is 0 Å². The summed E-state index contributed by atoms with van der Waals surface area (Å²) in [4.78, 5) is 32.4. The van der Waals surface area contributed by atoms with E-state index in [-0.39, 0.29) is 5.41 Å². The number of aromatic nitrogens is 2. The predicted molar refractivity (Wildman–Crippen MR) is 142 cm³/mol. The number of amides is 1. The third kappa shape index (κ3) is 3.69. The number of pyridine rings is 1. The molecule has 1 aromatic carbocycles. The van der Waals surface area contributed by atoms with Crippen LogP contribution in [0.3, 0.4) is 0 Å². The van der Waals surface area contributed by atoms with Gasteiger partial charge in [0.05, 0.1) is 22.0 Å². The summed E-state index contributed by atoms with van der Waals surface area (Å²) in [5.41, 5.74) is 9.10. The first-order valence-corrected chi connectivity index (χ1v) is 13.3. The number of benzene rings is 1. The van der Waals surface area contributed by atoms with Crippen molar-refractivity contribution >= 4 is 33.5 Å². The normalized spacial score (nSPS) is 24.1. The van der Waals surface area contributed by atoms with Crippen molar-refractivity contribution < 1.29 is 9.59 Å². The summed E-state index contributed by atoms with van der Waals surface area (Å²) < 4.78 is 2.19. The maximum Gasteiger partial charge on any atom is 0.252 e. The van der Waals surface area contributed by atoms with Crippen LogP contribution in [-0.4, -0.2) is 71.6 Å². The second-order valence-electron chi connectivity index (χ2n) is 11.2. The molecule has 1 atom stereocenters. The number of Topliss-reactive ketones (excluding diaryl/α,β-unsaturated/α-hetero) is 1. The average molecular weight is 489 g/mol. The number of ketones is 1. The zero-order valence-corrected chi connectivity index (χ0v) is 21.3. The van der Waals surface area contributed by atoms with Gasteiger partial charge in [-0.05, 0) is 70.3 Å². The standard InChI is InChI=1S/C28H36N6O2/c1-18(2)32-10-5-19(6-11-32)20-3-4-21-22-14-31-15-23(27(29)36)26(22)34(24(21)13-20)33-12-7-25(35)28(17-33)8-9-30-16-28/h3-4,13-15,18-19,30H,5-12,16-17H2,1-2H3,(H2,29,36)/t28-/m1/s1. The van der Waals surface area contributed by atoms with Gasteiger partial charge in [0.25, 0.3) is 5.91 Å². The summed E-state index contributed by atoms with van der Waals surface area (Å²) in [5.74, 6) is 0.376. The molecule has 3 aromatic rings. The number of nitrogens with one attached hydrogen (secondary N) is 1. The lowest BCUT2D eigenvalue weighted by atomic mass is 9.78. The monoisotopic (exact) mass is 488 g/mol. The highest BCUT2D eigenvalue weighted by atomic mass is 16.1. The highest BCUT2D eigenvalue weighted by molar-refractivity contribution is 6.15. The predicted octanol–water partition coefficient (Wildman–Crippen LogP) is 2.77. The molecule has 8 heteroatoms. The number of rotatable bonds is 4. The van der Waals surface area contributed by atoms with Crippen molar-refractivity contribution in [2.45, 2.75) is 51.5 Å². The molecule has 1 amide bonds. The Morgan fingerprint density at radius 2 is 1.97 bits per heavy atom. The summed E-state index contributed by atoms with van der Waals surface area (Å²) in [7, 11) is 0. The molecular formula is C28H36N6O2. The molecule has 0 aliphatic carbocycles. The molecule has 1 spiro atoms.